The van der Waals surface area contributed by atoms with E-state index in [1.807, 2.05) is 54.4 Å². The summed E-state index contributed by atoms with van der Waals surface area (Å²) in [6.07, 6.45) is 1.89. The van der Waals surface area contributed by atoms with E-state index in [9.17, 15) is 4.79 Å². The Bertz CT molecular complexity index is 632. The minimum absolute atomic E-state index is 0.212. The van der Waals surface area contributed by atoms with Gasteiger partial charge in [0, 0.05) is 18.6 Å². The largest absolute Gasteiger partial charge is 0.341 e. The highest BCUT2D eigenvalue weighted by atomic mass is 35.5. The molecule has 0 heterocycles. The quantitative estimate of drug-likeness (QED) is 0.834. The summed E-state index contributed by atoms with van der Waals surface area (Å²) in [5.41, 5.74) is 1.94. The number of likely N-dealkylation sites (N-methyl/N-ethyl adjacent to an activating group) is 1. The normalized spacial score (nSPS) is 15.5. The maximum absolute atomic E-state index is 12.8. The number of nitrogens with zero attached hydrogens (tertiary/aromatic N) is 1. The average Bonchev–Trinajstić information content (AvgIpc) is 3.31. The number of halogens is 1. The van der Waals surface area contributed by atoms with Crippen molar-refractivity contribution in [2.45, 2.75) is 24.8 Å². The molecule has 2 aromatic carbocycles. The van der Waals surface area contributed by atoms with Crippen LogP contribution in [0.25, 0.3) is 0 Å². The van der Waals surface area contributed by atoms with Crippen LogP contribution in [-0.2, 0) is 16.8 Å². The molecule has 0 spiro atoms. The molecule has 0 aliphatic heterocycles. The molecule has 1 aliphatic carbocycles. The predicted molar refractivity (Wildman–Crippen MR) is 85.3 cm³/mol. The van der Waals surface area contributed by atoms with Crippen molar-refractivity contribution >= 4 is 17.5 Å². The monoisotopic (exact) mass is 299 g/mol. The summed E-state index contributed by atoms with van der Waals surface area (Å²) in [4.78, 5) is 14.6. The Morgan fingerprint density at radius 3 is 2.29 bits per heavy atom. The van der Waals surface area contributed by atoms with Crippen molar-refractivity contribution in [1.29, 1.82) is 0 Å². The van der Waals surface area contributed by atoms with Crippen LogP contribution in [0.1, 0.15) is 24.0 Å². The molecule has 2 nitrogen and oxygen atoms in total. The van der Waals surface area contributed by atoms with Gasteiger partial charge in [-0.25, -0.2) is 0 Å². The van der Waals surface area contributed by atoms with Crippen LogP contribution in [0.2, 0.25) is 5.02 Å². The van der Waals surface area contributed by atoms with Gasteiger partial charge >= 0.3 is 0 Å². The van der Waals surface area contributed by atoms with Crippen LogP contribution in [0.5, 0.6) is 0 Å². The van der Waals surface area contributed by atoms with Crippen LogP contribution in [0.3, 0.4) is 0 Å². The van der Waals surface area contributed by atoms with Gasteiger partial charge < -0.3 is 4.90 Å². The second-order valence-electron chi connectivity index (χ2n) is 5.74. The van der Waals surface area contributed by atoms with Crippen LogP contribution in [-0.4, -0.2) is 17.9 Å². The van der Waals surface area contributed by atoms with Crippen molar-refractivity contribution < 1.29 is 4.79 Å². The first-order valence-electron chi connectivity index (χ1n) is 7.17. The molecular formula is C18H18ClNO. The van der Waals surface area contributed by atoms with Crippen LogP contribution in [0, 0.1) is 0 Å². The first kappa shape index (κ1) is 14.2. The van der Waals surface area contributed by atoms with E-state index in [1.54, 1.807) is 0 Å². The second kappa shape index (κ2) is 5.53. The molecule has 21 heavy (non-hydrogen) atoms. The van der Waals surface area contributed by atoms with Gasteiger partial charge in [-0.05, 0) is 36.1 Å². The van der Waals surface area contributed by atoms with Crippen LogP contribution < -0.4 is 0 Å². The molecule has 0 N–H and O–H groups in total. The number of carbonyl (C=O) groups excluding carboxylic acids is 1. The number of hydrogen-bond donors (Lipinski definition) is 0. The topological polar surface area (TPSA) is 20.3 Å². The zero-order valence-corrected chi connectivity index (χ0v) is 12.8. The molecule has 0 saturated heterocycles. The Morgan fingerprint density at radius 1 is 1.10 bits per heavy atom. The SMILES string of the molecule is CN(Cc1ccc(Cl)cc1)C(=O)C1(c2ccccc2)CC1. The third kappa shape index (κ3) is 2.81. The van der Waals surface area contributed by atoms with Crippen molar-refractivity contribution in [1.82, 2.24) is 4.90 Å². The Morgan fingerprint density at radius 2 is 1.71 bits per heavy atom. The summed E-state index contributed by atoms with van der Waals surface area (Å²) in [6.45, 7) is 0.616. The Kier molecular flexibility index (Phi) is 3.73. The number of amides is 1. The standard InChI is InChI=1S/C18H18ClNO/c1-20(13-14-7-9-16(19)10-8-14)17(21)18(11-12-18)15-5-3-2-4-6-15/h2-10H,11-13H2,1H3. The number of benzene rings is 2. The molecule has 1 aliphatic rings. The van der Waals surface area contributed by atoms with Gasteiger partial charge in [0.05, 0.1) is 5.41 Å². The number of carbonyl (C=O) groups is 1. The molecule has 108 valence electrons. The molecule has 0 bridgehead atoms. The summed E-state index contributed by atoms with van der Waals surface area (Å²) in [5, 5.41) is 0.718. The van der Waals surface area contributed by atoms with Crippen molar-refractivity contribution in [3.8, 4) is 0 Å². The van der Waals surface area contributed by atoms with Gasteiger partial charge in [-0.1, -0.05) is 54.1 Å². The molecule has 0 radical (unpaired) electrons. The predicted octanol–water partition coefficient (Wildman–Crippen LogP) is 4.03. The zero-order chi connectivity index (χ0) is 14.9. The summed E-state index contributed by atoms with van der Waals surface area (Å²) in [6, 6.07) is 17.8. The second-order valence-corrected chi connectivity index (χ2v) is 6.17. The summed E-state index contributed by atoms with van der Waals surface area (Å²) in [7, 11) is 1.87. The Hall–Kier alpha value is -1.80. The van der Waals surface area contributed by atoms with Crippen molar-refractivity contribution in [3.05, 3.63) is 70.7 Å². The first-order chi connectivity index (χ1) is 10.1. The molecular weight excluding hydrogens is 282 g/mol. The fourth-order valence-electron chi connectivity index (χ4n) is 2.81. The van der Waals surface area contributed by atoms with Gasteiger partial charge in [0.15, 0.2) is 0 Å². The lowest BCUT2D eigenvalue weighted by Crippen LogP contribution is -2.36. The highest BCUT2D eigenvalue weighted by Crippen LogP contribution is 2.49. The Labute approximate surface area is 130 Å². The highest BCUT2D eigenvalue weighted by molar-refractivity contribution is 6.30. The number of rotatable bonds is 4. The Balaban J connectivity index is 1.74. The minimum atomic E-state index is -0.289. The van der Waals surface area contributed by atoms with E-state index in [4.69, 9.17) is 11.6 Å². The van der Waals surface area contributed by atoms with Crippen LogP contribution >= 0.6 is 11.6 Å². The van der Waals surface area contributed by atoms with Crippen molar-refractivity contribution in [2.24, 2.45) is 0 Å². The molecule has 3 rings (SSSR count). The third-order valence-electron chi connectivity index (χ3n) is 4.17. The fourth-order valence-corrected chi connectivity index (χ4v) is 2.94. The van der Waals surface area contributed by atoms with E-state index in [-0.39, 0.29) is 11.3 Å². The minimum Gasteiger partial charge on any atom is -0.341 e. The van der Waals surface area contributed by atoms with E-state index in [0.29, 0.717) is 6.54 Å². The lowest BCUT2D eigenvalue weighted by molar-refractivity contribution is -0.133. The molecule has 0 unspecified atom stereocenters. The van der Waals surface area contributed by atoms with Gasteiger partial charge in [0.1, 0.15) is 0 Å². The van der Waals surface area contributed by atoms with E-state index in [1.165, 1.54) is 0 Å². The van der Waals surface area contributed by atoms with E-state index in [0.717, 1.165) is 29.0 Å². The van der Waals surface area contributed by atoms with Gasteiger partial charge in [-0.3, -0.25) is 4.79 Å². The van der Waals surface area contributed by atoms with Crippen LogP contribution in [0.4, 0.5) is 0 Å². The maximum Gasteiger partial charge on any atom is 0.233 e. The van der Waals surface area contributed by atoms with Crippen LogP contribution in [0.15, 0.2) is 54.6 Å². The molecule has 3 heteroatoms. The van der Waals surface area contributed by atoms with E-state index in [2.05, 4.69) is 12.1 Å². The molecule has 0 aromatic heterocycles. The number of hydrogen-bond acceptors (Lipinski definition) is 1. The van der Waals surface area contributed by atoms with Gasteiger partial charge in [-0.15, -0.1) is 0 Å². The lowest BCUT2D eigenvalue weighted by Gasteiger charge is -2.24. The van der Waals surface area contributed by atoms with Gasteiger partial charge in [0.25, 0.3) is 0 Å². The van der Waals surface area contributed by atoms with Crippen molar-refractivity contribution in [3.63, 3.8) is 0 Å². The molecule has 1 amide bonds. The lowest BCUT2D eigenvalue weighted by atomic mass is 9.94. The first-order valence-corrected chi connectivity index (χ1v) is 7.55. The van der Waals surface area contributed by atoms with Gasteiger partial charge in [0.2, 0.25) is 5.91 Å². The highest BCUT2D eigenvalue weighted by Gasteiger charge is 2.52. The molecule has 1 fully saturated rings. The zero-order valence-electron chi connectivity index (χ0n) is 12.1. The summed E-state index contributed by atoms with van der Waals surface area (Å²) >= 11 is 5.89. The van der Waals surface area contributed by atoms with E-state index < -0.39 is 0 Å². The molecule has 0 atom stereocenters. The average molecular weight is 300 g/mol. The van der Waals surface area contributed by atoms with E-state index >= 15 is 0 Å². The maximum atomic E-state index is 12.8. The smallest absolute Gasteiger partial charge is 0.233 e. The summed E-state index contributed by atoms with van der Waals surface area (Å²) < 4.78 is 0. The molecule has 2 aromatic rings. The van der Waals surface area contributed by atoms with Crippen molar-refractivity contribution in [2.75, 3.05) is 7.05 Å². The third-order valence-corrected chi connectivity index (χ3v) is 4.42. The summed E-state index contributed by atoms with van der Waals surface area (Å²) in [5.74, 6) is 0.212. The molecule has 1 saturated carbocycles. The fraction of sp³-hybridized carbons (Fsp3) is 0.278. The van der Waals surface area contributed by atoms with Gasteiger partial charge in [-0.2, -0.15) is 0 Å².